The molecule has 0 spiro atoms. The summed E-state index contributed by atoms with van der Waals surface area (Å²) in [4.78, 5) is 11.1. The molecule has 0 aliphatic rings. The van der Waals surface area contributed by atoms with Crippen LogP contribution in [0.5, 0.6) is 11.5 Å². The van der Waals surface area contributed by atoms with Crippen LogP contribution in [0.3, 0.4) is 0 Å². The fourth-order valence-electron chi connectivity index (χ4n) is 1.72. The SMILES string of the molecule is COc1c(C)c(Cl)c(C)c(CC(C)=O)c1O. The molecular weight excluding hydrogens is 228 g/mol. The maximum atomic E-state index is 11.1. The van der Waals surface area contributed by atoms with Crippen molar-refractivity contribution in [1.29, 1.82) is 0 Å². The number of benzene rings is 1. The number of rotatable bonds is 3. The molecule has 0 amide bonds. The zero-order valence-corrected chi connectivity index (χ0v) is 10.6. The van der Waals surface area contributed by atoms with Crippen LogP contribution in [0.1, 0.15) is 23.6 Å². The van der Waals surface area contributed by atoms with Crippen LogP contribution in [0.15, 0.2) is 0 Å². The maximum Gasteiger partial charge on any atom is 0.165 e. The average molecular weight is 243 g/mol. The van der Waals surface area contributed by atoms with E-state index in [4.69, 9.17) is 16.3 Å². The van der Waals surface area contributed by atoms with Gasteiger partial charge in [0.2, 0.25) is 0 Å². The van der Waals surface area contributed by atoms with Crippen LogP contribution in [0.2, 0.25) is 5.02 Å². The smallest absolute Gasteiger partial charge is 0.165 e. The second kappa shape index (κ2) is 4.74. The Bertz CT molecular complexity index is 439. The highest BCUT2D eigenvalue weighted by Crippen LogP contribution is 2.41. The van der Waals surface area contributed by atoms with Gasteiger partial charge in [-0.3, -0.25) is 4.79 Å². The zero-order valence-electron chi connectivity index (χ0n) is 9.85. The Morgan fingerprint density at radius 1 is 1.38 bits per heavy atom. The zero-order chi connectivity index (χ0) is 12.5. The first-order valence-electron chi connectivity index (χ1n) is 4.94. The summed E-state index contributed by atoms with van der Waals surface area (Å²) in [6.07, 6.45) is 0.161. The van der Waals surface area contributed by atoms with E-state index in [-0.39, 0.29) is 18.0 Å². The topological polar surface area (TPSA) is 46.5 Å². The number of aromatic hydroxyl groups is 1. The van der Waals surface area contributed by atoms with Crippen molar-refractivity contribution in [3.05, 3.63) is 21.7 Å². The fourth-order valence-corrected chi connectivity index (χ4v) is 1.92. The van der Waals surface area contributed by atoms with Gasteiger partial charge >= 0.3 is 0 Å². The summed E-state index contributed by atoms with van der Waals surface area (Å²) in [7, 11) is 1.46. The molecule has 0 saturated heterocycles. The second-order valence-corrected chi connectivity index (χ2v) is 4.18. The van der Waals surface area contributed by atoms with E-state index in [1.807, 2.05) is 0 Å². The molecule has 0 aliphatic carbocycles. The Morgan fingerprint density at radius 2 is 1.94 bits per heavy atom. The molecule has 88 valence electrons. The molecule has 16 heavy (non-hydrogen) atoms. The van der Waals surface area contributed by atoms with E-state index in [1.54, 1.807) is 13.8 Å². The number of methoxy groups -OCH3 is 1. The normalized spacial score (nSPS) is 10.3. The molecule has 0 aliphatic heterocycles. The number of phenols is 1. The third-order valence-electron chi connectivity index (χ3n) is 2.58. The van der Waals surface area contributed by atoms with Gasteiger partial charge in [0.1, 0.15) is 5.78 Å². The fraction of sp³-hybridized carbons (Fsp3) is 0.417. The first-order valence-corrected chi connectivity index (χ1v) is 5.31. The Labute approximate surface area is 100.0 Å². The molecule has 0 atom stereocenters. The minimum absolute atomic E-state index is 0.0112. The quantitative estimate of drug-likeness (QED) is 0.887. The predicted octanol–water partition coefficient (Wildman–Crippen LogP) is 2.80. The van der Waals surface area contributed by atoms with E-state index in [1.165, 1.54) is 14.0 Å². The van der Waals surface area contributed by atoms with Crippen LogP contribution in [0.25, 0.3) is 0 Å². The first kappa shape index (κ1) is 12.8. The van der Waals surface area contributed by atoms with E-state index >= 15 is 0 Å². The number of carbonyl (C=O) groups excluding carboxylic acids is 1. The van der Waals surface area contributed by atoms with Crippen LogP contribution >= 0.6 is 11.6 Å². The van der Waals surface area contributed by atoms with Crippen molar-refractivity contribution in [2.75, 3.05) is 7.11 Å². The third kappa shape index (κ3) is 2.14. The van der Waals surface area contributed by atoms with Gasteiger partial charge in [-0.15, -0.1) is 0 Å². The molecule has 1 rings (SSSR count). The predicted molar refractivity (Wildman–Crippen MR) is 63.5 cm³/mol. The van der Waals surface area contributed by atoms with E-state index in [2.05, 4.69) is 0 Å². The summed E-state index contributed by atoms with van der Waals surface area (Å²) < 4.78 is 5.09. The molecule has 1 aromatic carbocycles. The Morgan fingerprint density at radius 3 is 2.38 bits per heavy atom. The van der Waals surface area contributed by atoms with Crippen molar-refractivity contribution in [3.8, 4) is 11.5 Å². The number of halogens is 1. The molecule has 0 fully saturated rings. The van der Waals surface area contributed by atoms with Crippen LogP contribution in [0, 0.1) is 13.8 Å². The molecule has 0 radical (unpaired) electrons. The van der Waals surface area contributed by atoms with Gasteiger partial charge in [0, 0.05) is 17.5 Å². The summed E-state index contributed by atoms with van der Waals surface area (Å²) in [5, 5.41) is 10.5. The molecule has 0 heterocycles. The van der Waals surface area contributed by atoms with Crippen molar-refractivity contribution in [1.82, 2.24) is 0 Å². The minimum Gasteiger partial charge on any atom is -0.504 e. The maximum absolute atomic E-state index is 11.1. The number of ether oxygens (including phenoxy) is 1. The largest absolute Gasteiger partial charge is 0.504 e. The van der Waals surface area contributed by atoms with E-state index in [9.17, 15) is 9.90 Å². The van der Waals surface area contributed by atoms with Gasteiger partial charge in [-0.1, -0.05) is 11.6 Å². The van der Waals surface area contributed by atoms with Crippen molar-refractivity contribution in [2.24, 2.45) is 0 Å². The molecule has 0 bridgehead atoms. The number of carbonyl (C=O) groups is 1. The van der Waals surface area contributed by atoms with Crippen molar-refractivity contribution in [3.63, 3.8) is 0 Å². The molecule has 1 aromatic rings. The summed E-state index contributed by atoms with van der Waals surface area (Å²) in [6.45, 7) is 5.03. The lowest BCUT2D eigenvalue weighted by molar-refractivity contribution is -0.116. The highest BCUT2D eigenvalue weighted by atomic mass is 35.5. The molecule has 1 N–H and O–H groups in total. The van der Waals surface area contributed by atoms with Crippen LogP contribution in [-0.2, 0) is 11.2 Å². The monoisotopic (exact) mass is 242 g/mol. The lowest BCUT2D eigenvalue weighted by atomic mass is 9.99. The highest BCUT2D eigenvalue weighted by molar-refractivity contribution is 6.32. The van der Waals surface area contributed by atoms with Crippen molar-refractivity contribution < 1.29 is 14.6 Å². The summed E-state index contributed by atoms with van der Waals surface area (Å²) in [5.41, 5.74) is 1.96. The average Bonchev–Trinajstić information content (AvgIpc) is 2.22. The molecule has 0 aromatic heterocycles. The van der Waals surface area contributed by atoms with Gasteiger partial charge in [-0.25, -0.2) is 0 Å². The summed E-state index contributed by atoms with van der Waals surface area (Å²) >= 11 is 6.12. The molecular formula is C12H15ClO3. The third-order valence-corrected chi connectivity index (χ3v) is 3.15. The number of Topliss-reactive ketones (excluding diaryl/α,β-unsaturated/α-hetero) is 1. The van der Waals surface area contributed by atoms with E-state index in [0.29, 0.717) is 21.9 Å². The first-order chi connectivity index (χ1) is 7.40. The van der Waals surface area contributed by atoms with Gasteiger partial charge in [-0.2, -0.15) is 0 Å². The standard InChI is InChI=1S/C12H15ClO3/c1-6(14)5-9-7(2)10(13)8(3)12(16-4)11(9)15/h15H,5H2,1-4H3. The molecule has 0 saturated carbocycles. The number of hydrogen-bond donors (Lipinski definition) is 1. The van der Waals surface area contributed by atoms with Crippen LogP contribution < -0.4 is 4.74 Å². The van der Waals surface area contributed by atoms with E-state index < -0.39 is 0 Å². The van der Waals surface area contributed by atoms with Gasteiger partial charge in [0.25, 0.3) is 0 Å². The number of hydrogen-bond acceptors (Lipinski definition) is 3. The Balaban J connectivity index is 3.48. The molecule has 4 heteroatoms. The highest BCUT2D eigenvalue weighted by Gasteiger charge is 2.19. The lowest BCUT2D eigenvalue weighted by Crippen LogP contribution is -2.03. The van der Waals surface area contributed by atoms with Gasteiger partial charge < -0.3 is 9.84 Å². The van der Waals surface area contributed by atoms with Crippen molar-refractivity contribution >= 4 is 17.4 Å². The summed E-state index contributed by atoms with van der Waals surface area (Å²) in [5.74, 6) is 0.323. The number of ketones is 1. The van der Waals surface area contributed by atoms with Crippen molar-refractivity contribution in [2.45, 2.75) is 27.2 Å². The van der Waals surface area contributed by atoms with Gasteiger partial charge in [0.05, 0.1) is 12.1 Å². The van der Waals surface area contributed by atoms with Gasteiger partial charge in [0.15, 0.2) is 11.5 Å². The Hall–Kier alpha value is -1.22. The number of phenolic OH excluding ortho intramolecular Hbond substituents is 1. The lowest BCUT2D eigenvalue weighted by Gasteiger charge is -2.16. The van der Waals surface area contributed by atoms with Crippen LogP contribution in [-0.4, -0.2) is 18.0 Å². The van der Waals surface area contributed by atoms with Gasteiger partial charge in [-0.05, 0) is 26.3 Å². The molecule has 3 nitrogen and oxygen atoms in total. The van der Waals surface area contributed by atoms with Crippen LogP contribution in [0.4, 0.5) is 0 Å². The van der Waals surface area contributed by atoms with E-state index in [0.717, 1.165) is 5.56 Å². The Kier molecular flexibility index (Phi) is 3.81. The molecule has 0 unspecified atom stereocenters. The minimum atomic E-state index is -0.0274. The second-order valence-electron chi connectivity index (χ2n) is 3.80. The summed E-state index contributed by atoms with van der Waals surface area (Å²) in [6, 6.07) is 0.